The molecule has 2 aliphatic rings. The van der Waals surface area contributed by atoms with E-state index < -0.39 is 0 Å². The quantitative estimate of drug-likeness (QED) is 0.658. The summed E-state index contributed by atoms with van der Waals surface area (Å²) in [5.41, 5.74) is 2.58. The molecular formula is C22H27NO. The van der Waals surface area contributed by atoms with Crippen molar-refractivity contribution in [1.82, 2.24) is 5.06 Å². The van der Waals surface area contributed by atoms with Gasteiger partial charge in [0.2, 0.25) is 0 Å². The summed E-state index contributed by atoms with van der Waals surface area (Å²) in [7, 11) is 0. The molecular weight excluding hydrogens is 294 g/mol. The normalized spacial score (nSPS) is 27.1. The van der Waals surface area contributed by atoms with E-state index in [4.69, 9.17) is 4.84 Å². The Kier molecular flexibility index (Phi) is 4.68. The Bertz CT molecular complexity index is 636. The van der Waals surface area contributed by atoms with E-state index in [9.17, 15) is 0 Å². The molecule has 126 valence electrons. The third-order valence-electron chi connectivity index (χ3n) is 5.53. The van der Waals surface area contributed by atoms with Crippen molar-refractivity contribution in [3.05, 3.63) is 71.8 Å². The van der Waals surface area contributed by atoms with Crippen molar-refractivity contribution in [3.63, 3.8) is 0 Å². The van der Waals surface area contributed by atoms with Gasteiger partial charge in [0, 0.05) is 11.6 Å². The van der Waals surface area contributed by atoms with Gasteiger partial charge in [-0.3, -0.25) is 4.84 Å². The summed E-state index contributed by atoms with van der Waals surface area (Å²) >= 11 is 0. The van der Waals surface area contributed by atoms with Gasteiger partial charge in [0.05, 0.1) is 0 Å². The van der Waals surface area contributed by atoms with Gasteiger partial charge in [0.15, 0.2) is 5.72 Å². The molecule has 0 amide bonds. The van der Waals surface area contributed by atoms with Crippen molar-refractivity contribution in [3.8, 4) is 0 Å². The molecule has 2 heteroatoms. The Morgan fingerprint density at radius 3 is 2.25 bits per heavy atom. The lowest BCUT2D eigenvalue weighted by Gasteiger charge is -2.23. The summed E-state index contributed by atoms with van der Waals surface area (Å²) < 4.78 is 0. The summed E-state index contributed by atoms with van der Waals surface area (Å²) in [5, 5.41) is 2.33. The third-order valence-corrected chi connectivity index (χ3v) is 5.53. The Labute approximate surface area is 145 Å². The average Bonchev–Trinajstić information content (AvgIpc) is 3.40. The molecule has 2 atom stereocenters. The van der Waals surface area contributed by atoms with Crippen LogP contribution in [0, 0.1) is 0 Å². The molecule has 2 fully saturated rings. The second-order valence-corrected chi connectivity index (χ2v) is 7.20. The van der Waals surface area contributed by atoms with Gasteiger partial charge >= 0.3 is 0 Å². The minimum absolute atomic E-state index is 0.169. The molecule has 0 spiro atoms. The summed E-state index contributed by atoms with van der Waals surface area (Å²) in [4.78, 5) is 6.30. The summed E-state index contributed by atoms with van der Waals surface area (Å²) in [6.07, 6.45) is 10.00. The van der Waals surface area contributed by atoms with E-state index in [0.29, 0.717) is 6.04 Å². The van der Waals surface area contributed by atoms with Gasteiger partial charge in [0.1, 0.15) is 0 Å². The highest BCUT2D eigenvalue weighted by molar-refractivity contribution is 5.25. The van der Waals surface area contributed by atoms with Crippen molar-refractivity contribution in [1.29, 1.82) is 0 Å². The van der Waals surface area contributed by atoms with Gasteiger partial charge in [-0.25, -0.2) is 0 Å². The van der Waals surface area contributed by atoms with Crippen LogP contribution in [0.25, 0.3) is 0 Å². The smallest absolute Gasteiger partial charge is 0.190 e. The van der Waals surface area contributed by atoms with Crippen LogP contribution in [0.4, 0.5) is 0 Å². The first-order valence-corrected chi connectivity index (χ1v) is 9.46. The van der Waals surface area contributed by atoms with Gasteiger partial charge in [-0.15, -0.1) is 5.06 Å². The standard InChI is InChI=1S/C22H27NO/c1-4-11-19(12-5-1)13-10-18-22(20-14-6-2-7-15-20)23(24-22)21-16-8-3-9-17-21/h1-2,4-7,11-12,14-15,21H,3,8-10,13,16-18H2/t22-,23?/m0/s1. The van der Waals surface area contributed by atoms with E-state index in [0.717, 1.165) is 19.3 Å². The number of hydrogen-bond acceptors (Lipinski definition) is 2. The first-order valence-electron chi connectivity index (χ1n) is 9.46. The highest BCUT2D eigenvalue weighted by Gasteiger charge is 2.58. The number of benzene rings is 2. The van der Waals surface area contributed by atoms with Crippen LogP contribution < -0.4 is 0 Å². The Morgan fingerprint density at radius 2 is 1.54 bits per heavy atom. The summed E-state index contributed by atoms with van der Waals surface area (Å²) in [6, 6.07) is 22.2. The molecule has 4 rings (SSSR count). The highest BCUT2D eigenvalue weighted by atomic mass is 16.9. The van der Waals surface area contributed by atoms with Crippen molar-refractivity contribution >= 4 is 0 Å². The van der Waals surface area contributed by atoms with Crippen LogP contribution in [0.1, 0.15) is 56.1 Å². The molecule has 2 aromatic rings. The lowest BCUT2D eigenvalue weighted by atomic mass is 9.92. The molecule has 1 aliphatic carbocycles. The molecule has 24 heavy (non-hydrogen) atoms. The average molecular weight is 321 g/mol. The van der Waals surface area contributed by atoms with Crippen LogP contribution in [0.15, 0.2) is 60.7 Å². The zero-order valence-corrected chi connectivity index (χ0v) is 14.4. The maximum atomic E-state index is 6.30. The van der Waals surface area contributed by atoms with Gasteiger partial charge in [0.25, 0.3) is 0 Å². The fourth-order valence-corrected chi connectivity index (χ4v) is 4.18. The molecule has 0 N–H and O–H groups in total. The van der Waals surface area contributed by atoms with Crippen LogP contribution >= 0.6 is 0 Å². The number of hydroxylamine groups is 2. The Balaban J connectivity index is 1.46. The highest BCUT2D eigenvalue weighted by Crippen LogP contribution is 2.52. The summed E-state index contributed by atoms with van der Waals surface area (Å²) in [6.45, 7) is 0. The Hall–Kier alpha value is -1.64. The maximum Gasteiger partial charge on any atom is 0.190 e. The van der Waals surface area contributed by atoms with Crippen molar-refractivity contribution in [2.24, 2.45) is 0 Å². The first kappa shape index (κ1) is 15.9. The van der Waals surface area contributed by atoms with Crippen LogP contribution in [-0.2, 0) is 17.0 Å². The van der Waals surface area contributed by atoms with Crippen molar-refractivity contribution < 1.29 is 4.84 Å². The lowest BCUT2D eigenvalue weighted by Crippen LogP contribution is -2.28. The minimum atomic E-state index is -0.169. The molecule has 1 saturated carbocycles. The van der Waals surface area contributed by atoms with E-state index in [1.165, 1.54) is 43.2 Å². The predicted molar refractivity (Wildman–Crippen MR) is 97.3 cm³/mol. The van der Waals surface area contributed by atoms with E-state index in [2.05, 4.69) is 65.7 Å². The third kappa shape index (κ3) is 3.26. The van der Waals surface area contributed by atoms with Crippen LogP contribution in [0.5, 0.6) is 0 Å². The molecule has 0 radical (unpaired) electrons. The fourth-order valence-electron chi connectivity index (χ4n) is 4.18. The molecule has 2 aromatic carbocycles. The zero-order chi connectivity index (χ0) is 16.2. The van der Waals surface area contributed by atoms with Gasteiger partial charge < -0.3 is 0 Å². The molecule has 1 unspecified atom stereocenters. The SMILES string of the molecule is c1ccc(CCC[C@@]2(c3ccccc3)ON2C2CCCCC2)cc1. The van der Waals surface area contributed by atoms with E-state index in [1.807, 2.05) is 0 Å². The van der Waals surface area contributed by atoms with Crippen LogP contribution in [-0.4, -0.2) is 11.1 Å². The number of rotatable bonds is 6. The zero-order valence-electron chi connectivity index (χ0n) is 14.4. The van der Waals surface area contributed by atoms with Gasteiger partial charge in [-0.2, -0.15) is 0 Å². The summed E-state index contributed by atoms with van der Waals surface area (Å²) in [5.74, 6) is 0. The molecule has 0 bridgehead atoms. The molecule has 0 aromatic heterocycles. The van der Waals surface area contributed by atoms with Crippen molar-refractivity contribution in [2.45, 2.75) is 63.1 Å². The second-order valence-electron chi connectivity index (χ2n) is 7.20. The topological polar surface area (TPSA) is 15.5 Å². The first-order chi connectivity index (χ1) is 11.9. The maximum absolute atomic E-state index is 6.30. The second kappa shape index (κ2) is 7.08. The number of aryl methyl sites for hydroxylation is 1. The molecule has 2 nitrogen and oxygen atoms in total. The van der Waals surface area contributed by atoms with E-state index in [-0.39, 0.29) is 5.72 Å². The predicted octanol–water partition coefficient (Wildman–Crippen LogP) is 5.44. The Morgan fingerprint density at radius 1 is 0.875 bits per heavy atom. The fraction of sp³-hybridized carbons (Fsp3) is 0.455. The van der Waals surface area contributed by atoms with Crippen LogP contribution in [0.3, 0.4) is 0 Å². The van der Waals surface area contributed by atoms with E-state index in [1.54, 1.807) is 0 Å². The molecule has 1 aliphatic heterocycles. The van der Waals surface area contributed by atoms with Crippen molar-refractivity contribution in [2.75, 3.05) is 0 Å². The number of nitrogens with zero attached hydrogens (tertiary/aromatic N) is 1. The van der Waals surface area contributed by atoms with Crippen LogP contribution in [0.2, 0.25) is 0 Å². The molecule has 1 saturated heterocycles. The van der Waals surface area contributed by atoms with E-state index >= 15 is 0 Å². The minimum Gasteiger partial charge on any atom is -0.266 e. The van der Waals surface area contributed by atoms with Gasteiger partial charge in [-0.1, -0.05) is 79.9 Å². The lowest BCUT2D eigenvalue weighted by molar-refractivity contribution is 0.119. The number of hydrogen-bond donors (Lipinski definition) is 0. The monoisotopic (exact) mass is 321 g/mol. The van der Waals surface area contributed by atoms with Gasteiger partial charge in [-0.05, 0) is 37.7 Å². The largest absolute Gasteiger partial charge is 0.266 e. The molecule has 1 heterocycles.